The van der Waals surface area contributed by atoms with Crippen molar-refractivity contribution in [1.29, 1.82) is 0 Å². The van der Waals surface area contributed by atoms with Gasteiger partial charge in [-0.05, 0) is 38.1 Å². The van der Waals surface area contributed by atoms with E-state index in [1.165, 1.54) is 24.3 Å². The zero-order chi connectivity index (χ0) is 16.0. The van der Waals surface area contributed by atoms with E-state index >= 15 is 0 Å². The van der Waals surface area contributed by atoms with Gasteiger partial charge in [-0.25, -0.2) is 17.6 Å². The van der Waals surface area contributed by atoms with Crippen molar-refractivity contribution >= 4 is 21.7 Å². The van der Waals surface area contributed by atoms with Crippen LogP contribution in [0.15, 0.2) is 24.3 Å². The Bertz CT molecular complexity index is 573. The summed E-state index contributed by atoms with van der Waals surface area (Å²) in [4.78, 5) is 11.4. The van der Waals surface area contributed by atoms with Gasteiger partial charge >= 0.3 is 6.03 Å². The van der Waals surface area contributed by atoms with Gasteiger partial charge in [0.05, 0.1) is 18.5 Å². The van der Waals surface area contributed by atoms with Crippen LogP contribution in [0.25, 0.3) is 0 Å². The molecule has 0 aliphatic rings. The van der Waals surface area contributed by atoms with E-state index in [1.807, 2.05) is 13.8 Å². The van der Waals surface area contributed by atoms with E-state index < -0.39 is 15.8 Å². The number of urea groups is 1. The Balaban J connectivity index is 2.69. The van der Waals surface area contributed by atoms with Crippen LogP contribution in [0.2, 0.25) is 0 Å². The van der Waals surface area contributed by atoms with Gasteiger partial charge < -0.3 is 10.6 Å². The lowest BCUT2D eigenvalue weighted by molar-refractivity contribution is 0.239. The normalized spacial score (nSPS) is 11.3. The molecule has 0 aliphatic heterocycles. The average molecular weight is 317 g/mol. The number of halogens is 1. The van der Waals surface area contributed by atoms with Crippen molar-refractivity contribution < 1.29 is 17.6 Å². The predicted molar refractivity (Wildman–Crippen MR) is 80.3 cm³/mol. The van der Waals surface area contributed by atoms with Gasteiger partial charge in [-0.15, -0.1) is 0 Å². The molecule has 118 valence electrons. The molecular formula is C13H20FN3O3S. The molecule has 1 aromatic carbocycles. The average Bonchev–Trinajstić information content (AvgIpc) is 2.34. The number of hydrogen-bond donors (Lipinski definition) is 2. The maximum absolute atomic E-state index is 12.9. The van der Waals surface area contributed by atoms with E-state index in [9.17, 15) is 17.6 Å². The zero-order valence-corrected chi connectivity index (χ0v) is 13.1. The molecule has 1 rings (SSSR count). The molecule has 2 amide bonds. The number of nitrogens with one attached hydrogen (secondary N) is 2. The van der Waals surface area contributed by atoms with Crippen molar-refractivity contribution in [2.75, 3.05) is 23.7 Å². The van der Waals surface area contributed by atoms with Crippen molar-refractivity contribution in [2.45, 2.75) is 19.9 Å². The molecule has 0 unspecified atom stereocenters. The Morgan fingerprint density at radius 1 is 1.29 bits per heavy atom. The molecule has 0 aromatic heterocycles. The first kappa shape index (κ1) is 17.2. The highest BCUT2D eigenvalue weighted by atomic mass is 32.2. The number of rotatable bonds is 6. The summed E-state index contributed by atoms with van der Waals surface area (Å²) in [5.74, 6) is -0.443. The number of anilines is 1. The number of sulfonamides is 1. The molecule has 0 saturated carbocycles. The summed E-state index contributed by atoms with van der Waals surface area (Å²) < 4.78 is 37.6. The Morgan fingerprint density at radius 2 is 1.86 bits per heavy atom. The Kier molecular flexibility index (Phi) is 5.95. The standard InChI is InChI=1S/C13H20FN3O3S/c1-10(2)16-13(18)15-8-9-17(21(3,19)20)12-6-4-11(14)5-7-12/h4-7,10H,8-9H2,1-3H3,(H2,15,16,18). The first-order valence-electron chi connectivity index (χ1n) is 6.48. The fourth-order valence-electron chi connectivity index (χ4n) is 1.68. The second-order valence-corrected chi connectivity index (χ2v) is 6.77. The van der Waals surface area contributed by atoms with E-state index in [4.69, 9.17) is 0 Å². The molecule has 0 saturated heterocycles. The lowest BCUT2D eigenvalue weighted by Gasteiger charge is -2.22. The van der Waals surface area contributed by atoms with Crippen LogP contribution in [0.4, 0.5) is 14.9 Å². The summed E-state index contributed by atoms with van der Waals surface area (Å²) in [5, 5.41) is 5.20. The molecule has 6 nitrogen and oxygen atoms in total. The summed E-state index contributed by atoms with van der Waals surface area (Å²) in [6, 6.07) is 4.76. The van der Waals surface area contributed by atoms with E-state index in [1.54, 1.807) is 0 Å². The minimum absolute atomic E-state index is 0.00638. The smallest absolute Gasteiger partial charge is 0.315 e. The van der Waals surface area contributed by atoms with Crippen LogP contribution in [0, 0.1) is 5.82 Å². The molecule has 0 heterocycles. The second-order valence-electron chi connectivity index (χ2n) is 4.87. The van der Waals surface area contributed by atoms with Crippen molar-refractivity contribution in [3.8, 4) is 0 Å². The van der Waals surface area contributed by atoms with E-state index in [2.05, 4.69) is 10.6 Å². The first-order chi connectivity index (χ1) is 9.70. The van der Waals surface area contributed by atoms with Gasteiger partial charge in [0.15, 0.2) is 0 Å². The van der Waals surface area contributed by atoms with Crippen LogP contribution in [0.1, 0.15) is 13.8 Å². The summed E-state index contributed by atoms with van der Waals surface area (Å²) in [6.07, 6.45) is 1.06. The molecule has 21 heavy (non-hydrogen) atoms. The molecule has 8 heteroatoms. The van der Waals surface area contributed by atoms with Gasteiger partial charge in [-0.3, -0.25) is 4.31 Å². The number of benzene rings is 1. The SMILES string of the molecule is CC(C)NC(=O)NCCN(c1ccc(F)cc1)S(C)(=O)=O. The molecule has 0 fully saturated rings. The fraction of sp³-hybridized carbons (Fsp3) is 0.462. The van der Waals surface area contributed by atoms with Gasteiger partial charge in [0, 0.05) is 12.6 Å². The molecule has 0 atom stereocenters. The zero-order valence-electron chi connectivity index (χ0n) is 12.3. The number of carbonyl (C=O) groups excluding carboxylic acids is 1. The monoisotopic (exact) mass is 317 g/mol. The number of amides is 2. The van der Waals surface area contributed by atoms with Crippen LogP contribution in [-0.2, 0) is 10.0 Å². The number of carbonyl (C=O) groups is 1. The largest absolute Gasteiger partial charge is 0.336 e. The Hall–Kier alpha value is -1.83. The summed E-state index contributed by atoms with van der Waals surface area (Å²) in [7, 11) is -3.51. The highest BCUT2D eigenvalue weighted by Crippen LogP contribution is 2.17. The topological polar surface area (TPSA) is 78.5 Å². The van der Waals surface area contributed by atoms with E-state index in [0.29, 0.717) is 5.69 Å². The van der Waals surface area contributed by atoms with Gasteiger partial charge in [0.2, 0.25) is 10.0 Å². The maximum atomic E-state index is 12.9. The second kappa shape index (κ2) is 7.26. The lowest BCUT2D eigenvalue weighted by Crippen LogP contribution is -2.43. The van der Waals surface area contributed by atoms with Gasteiger partial charge in [-0.2, -0.15) is 0 Å². The van der Waals surface area contributed by atoms with Gasteiger partial charge in [-0.1, -0.05) is 0 Å². The summed E-state index contributed by atoms with van der Waals surface area (Å²) in [5.41, 5.74) is 0.352. The highest BCUT2D eigenvalue weighted by molar-refractivity contribution is 7.92. The third kappa shape index (κ3) is 5.99. The van der Waals surface area contributed by atoms with Gasteiger partial charge in [0.1, 0.15) is 5.82 Å². The lowest BCUT2D eigenvalue weighted by atomic mass is 10.3. The molecule has 0 aliphatic carbocycles. The van der Waals surface area contributed by atoms with Crippen LogP contribution in [-0.4, -0.2) is 39.8 Å². The quantitative estimate of drug-likeness (QED) is 0.830. The number of nitrogens with zero attached hydrogens (tertiary/aromatic N) is 1. The number of hydrogen-bond acceptors (Lipinski definition) is 3. The fourth-order valence-corrected chi connectivity index (χ4v) is 2.61. The van der Waals surface area contributed by atoms with E-state index in [-0.39, 0.29) is 25.2 Å². The molecule has 1 aromatic rings. The third-order valence-electron chi connectivity index (χ3n) is 2.54. The maximum Gasteiger partial charge on any atom is 0.315 e. The summed E-state index contributed by atoms with van der Waals surface area (Å²) >= 11 is 0. The predicted octanol–water partition coefficient (Wildman–Crippen LogP) is 1.30. The van der Waals surface area contributed by atoms with E-state index in [0.717, 1.165) is 10.6 Å². The molecule has 0 bridgehead atoms. The Labute approximate surface area is 124 Å². The Morgan fingerprint density at radius 3 is 2.33 bits per heavy atom. The van der Waals surface area contributed by atoms with Crippen LogP contribution >= 0.6 is 0 Å². The van der Waals surface area contributed by atoms with Crippen LogP contribution in [0.3, 0.4) is 0 Å². The molecular weight excluding hydrogens is 297 g/mol. The van der Waals surface area contributed by atoms with Crippen molar-refractivity contribution in [1.82, 2.24) is 10.6 Å². The summed E-state index contributed by atoms with van der Waals surface area (Å²) in [6.45, 7) is 3.85. The first-order valence-corrected chi connectivity index (χ1v) is 8.32. The van der Waals surface area contributed by atoms with Crippen LogP contribution in [0.5, 0.6) is 0 Å². The van der Waals surface area contributed by atoms with Crippen molar-refractivity contribution in [3.05, 3.63) is 30.1 Å². The van der Waals surface area contributed by atoms with Gasteiger partial charge in [0.25, 0.3) is 0 Å². The molecule has 0 spiro atoms. The third-order valence-corrected chi connectivity index (χ3v) is 3.73. The minimum Gasteiger partial charge on any atom is -0.336 e. The minimum atomic E-state index is -3.51. The van der Waals surface area contributed by atoms with Crippen molar-refractivity contribution in [2.24, 2.45) is 0 Å². The molecule has 0 radical (unpaired) electrons. The molecule has 2 N–H and O–H groups in total. The van der Waals surface area contributed by atoms with Crippen molar-refractivity contribution in [3.63, 3.8) is 0 Å². The van der Waals surface area contributed by atoms with Crippen LogP contribution < -0.4 is 14.9 Å². The highest BCUT2D eigenvalue weighted by Gasteiger charge is 2.17.